The molecule has 102 valence electrons. The fraction of sp³-hybridized carbons (Fsp3) is 0.467. The van der Waals surface area contributed by atoms with Crippen LogP contribution in [0.5, 0.6) is 0 Å². The van der Waals surface area contributed by atoms with Gasteiger partial charge >= 0.3 is 5.97 Å². The Morgan fingerprint density at radius 1 is 1.26 bits per heavy atom. The summed E-state index contributed by atoms with van der Waals surface area (Å²) >= 11 is 0. The summed E-state index contributed by atoms with van der Waals surface area (Å²) < 4.78 is 5.07. The van der Waals surface area contributed by atoms with E-state index >= 15 is 0 Å². The number of carbonyl (C=O) groups excluding carboxylic acids is 2. The van der Waals surface area contributed by atoms with Crippen molar-refractivity contribution in [1.29, 1.82) is 0 Å². The van der Waals surface area contributed by atoms with Gasteiger partial charge in [0, 0.05) is 17.9 Å². The molecule has 1 heterocycles. The second-order valence-corrected chi connectivity index (χ2v) is 5.88. The Bertz CT molecular complexity index is 548. The van der Waals surface area contributed by atoms with Crippen LogP contribution in [0.15, 0.2) is 35.1 Å². The molecule has 1 unspecified atom stereocenters. The maximum absolute atomic E-state index is 11.6. The van der Waals surface area contributed by atoms with Crippen LogP contribution < -0.4 is 0 Å². The monoisotopic (exact) mass is 262 g/mol. The number of carbonyl (C=O) groups is 2. The maximum atomic E-state index is 11.6. The van der Waals surface area contributed by atoms with E-state index in [9.17, 15) is 14.7 Å². The molecule has 0 radical (unpaired) electrons. The fourth-order valence-electron chi connectivity index (χ4n) is 2.62. The molecule has 0 saturated heterocycles. The van der Waals surface area contributed by atoms with Crippen molar-refractivity contribution in [2.24, 2.45) is 5.41 Å². The van der Waals surface area contributed by atoms with Gasteiger partial charge in [0.15, 0.2) is 5.78 Å². The molecule has 0 saturated carbocycles. The highest BCUT2D eigenvalue weighted by Gasteiger charge is 2.48. The van der Waals surface area contributed by atoms with Crippen molar-refractivity contribution in [2.75, 3.05) is 0 Å². The summed E-state index contributed by atoms with van der Waals surface area (Å²) in [4.78, 5) is 22.8. The van der Waals surface area contributed by atoms with Crippen LogP contribution in [0.2, 0.25) is 0 Å². The molecule has 1 N–H and O–H groups in total. The molecule has 0 aromatic rings. The Hall–Kier alpha value is -1.68. The van der Waals surface area contributed by atoms with E-state index in [2.05, 4.69) is 0 Å². The van der Waals surface area contributed by atoms with Crippen molar-refractivity contribution in [1.82, 2.24) is 0 Å². The van der Waals surface area contributed by atoms with Crippen LogP contribution in [0.4, 0.5) is 0 Å². The highest BCUT2D eigenvalue weighted by molar-refractivity contribution is 5.93. The molecule has 2 aliphatic rings. The molecule has 0 aromatic heterocycles. The fourth-order valence-corrected chi connectivity index (χ4v) is 2.62. The normalized spacial score (nSPS) is 32.2. The minimum atomic E-state index is -1.30. The number of esters is 1. The summed E-state index contributed by atoms with van der Waals surface area (Å²) in [7, 11) is 0. The van der Waals surface area contributed by atoms with Crippen molar-refractivity contribution in [3.05, 3.63) is 35.1 Å². The molecular weight excluding hydrogens is 244 g/mol. The molecule has 4 heteroatoms. The third-order valence-corrected chi connectivity index (χ3v) is 3.90. The van der Waals surface area contributed by atoms with Crippen molar-refractivity contribution >= 4 is 11.8 Å². The number of rotatable bonds is 1. The zero-order valence-electron chi connectivity index (χ0n) is 11.6. The molecule has 0 aromatic carbocycles. The number of aliphatic hydroxyl groups is 1. The minimum absolute atomic E-state index is 0.00116. The third kappa shape index (κ3) is 2.16. The van der Waals surface area contributed by atoms with Gasteiger partial charge in [-0.2, -0.15) is 0 Å². The second-order valence-electron chi connectivity index (χ2n) is 5.88. The van der Waals surface area contributed by atoms with E-state index in [1.165, 1.54) is 12.2 Å². The van der Waals surface area contributed by atoms with E-state index in [0.717, 1.165) is 0 Å². The highest BCUT2D eigenvalue weighted by Crippen LogP contribution is 2.45. The number of cyclic esters (lactones) is 1. The van der Waals surface area contributed by atoms with Gasteiger partial charge in [-0.15, -0.1) is 0 Å². The summed E-state index contributed by atoms with van der Waals surface area (Å²) in [5.41, 5.74) is -0.697. The summed E-state index contributed by atoms with van der Waals surface area (Å²) in [5.74, 6) is -0.0670. The molecule has 4 nitrogen and oxygen atoms in total. The van der Waals surface area contributed by atoms with Gasteiger partial charge in [0.1, 0.15) is 11.4 Å². The molecular formula is C15H18O4. The van der Waals surface area contributed by atoms with Crippen LogP contribution in [0.25, 0.3) is 0 Å². The minimum Gasteiger partial charge on any atom is -0.423 e. The highest BCUT2D eigenvalue weighted by atomic mass is 16.5. The van der Waals surface area contributed by atoms with Crippen LogP contribution in [0.3, 0.4) is 0 Å². The Morgan fingerprint density at radius 3 is 2.37 bits per heavy atom. The van der Waals surface area contributed by atoms with E-state index in [1.807, 2.05) is 13.8 Å². The molecule has 2 rings (SSSR count). The lowest BCUT2D eigenvalue weighted by Crippen LogP contribution is -2.48. The number of hydrogen-bond acceptors (Lipinski definition) is 4. The molecule has 0 bridgehead atoms. The predicted octanol–water partition coefficient (Wildman–Crippen LogP) is 2.05. The predicted molar refractivity (Wildman–Crippen MR) is 70.0 cm³/mol. The van der Waals surface area contributed by atoms with E-state index in [4.69, 9.17) is 4.74 Å². The van der Waals surface area contributed by atoms with Gasteiger partial charge in [-0.25, -0.2) is 4.79 Å². The van der Waals surface area contributed by atoms with E-state index in [-0.39, 0.29) is 12.2 Å². The first-order chi connectivity index (χ1) is 8.65. The van der Waals surface area contributed by atoms with Gasteiger partial charge in [-0.3, -0.25) is 4.79 Å². The van der Waals surface area contributed by atoms with Crippen molar-refractivity contribution in [3.63, 3.8) is 0 Å². The molecule has 0 amide bonds. The van der Waals surface area contributed by atoms with Crippen LogP contribution >= 0.6 is 0 Å². The first-order valence-electron chi connectivity index (χ1n) is 6.23. The van der Waals surface area contributed by atoms with E-state index < -0.39 is 17.0 Å². The number of ketones is 1. The Labute approximate surface area is 112 Å². The molecule has 1 aliphatic heterocycles. The van der Waals surface area contributed by atoms with Gasteiger partial charge in [0.05, 0.1) is 0 Å². The largest absolute Gasteiger partial charge is 0.423 e. The molecule has 0 spiro atoms. The van der Waals surface area contributed by atoms with Gasteiger partial charge in [-0.1, -0.05) is 13.8 Å². The Kier molecular flexibility index (Phi) is 3.01. The first-order valence-corrected chi connectivity index (χ1v) is 6.23. The summed E-state index contributed by atoms with van der Waals surface area (Å²) in [5, 5.41) is 10.9. The summed E-state index contributed by atoms with van der Waals surface area (Å²) in [6.45, 7) is 7.12. The van der Waals surface area contributed by atoms with Crippen molar-refractivity contribution in [3.8, 4) is 0 Å². The lowest BCUT2D eigenvalue weighted by atomic mass is 9.64. The molecule has 19 heavy (non-hydrogen) atoms. The van der Waals surface area contributed by atoms with Crippen LogP contribution in [0.1, 0.15) is 34.1 Å². The lowest BCUT2D eigenvalue weighted by Gasteiger charge is -2.44. The van der Waals surface area contributed by atoms with Crippen molar-refractivity contribution in [2.45, 2.75) is 39.7 Å². The smallest absolute Gasteiger partial charge is 0.336 e. The zero-order chi connectivity index (χ0) is 14.4. The zero-order valence-corrected chi connectivity index (χ0v) is 11.6. The number of ether oxygens (including phenoxy) is 1. The Balaban J connectivity index is 2.50. The average Bonchev–Trinajstić information content (AvgIpc) is 2.53. The third-order valence-electron chi connectivity index (χ3n) is 3.90. The van der Waals surface area contributed by atoms with Crippen LogP contribution in [-0.2, 0) is 14.3 Å². The summed E-state index contributed by atoms with van der Waals surface area (Å²) in [6.07, 6.45) is 4.64. The summed E-state index contributed by atoms with van der Waals surface area (Å²) in [6, 6.07) is 0. The first kappa shape index (κ1) is 13.7. The van der Waals surface area contributed by atoms with Gasteiger partial charge in [-0.05, 0) is 37.1 Å². The second kappa shape index (κ2) is 4.17. The van der Waals surface area contributed by atoms with Crippen LogP contribution in [-0.4, -0.2) is 22.5 Å². The van der Waals surface area contributed by atoms with E-state index in [0.29, 0.717) is 16.9 Å². The SMILES string of the molecule is CC1=CC(=O)O/C1=C\C1(O)C(C)=CC(=O)CC1(C)C. The van der Waals surface area contributed by atoms with Gasteiger partial charge in [0.25, 0.3) is 0 Å². The van der Waals surface area contributed by atoms with Gasteiger partial charge < -0.3 is 9.84 Å². The quantitative estimate of drug-likeness (QED) is 0.735. The maximum Gasteiger partial charge on any atom is 0.336 e. The molecule has 1 atom stereocenters. The van der Waals surface area contributed by atoms with Crippen molar-refractivity contribution < 1.29 is 19.4 Å². The number of allylic oxidation sites excluding steroid dienone is 2. The standard InChI is InChI=1S/C15H18O4/c1-9-5-13(17)19-12(9)8-15(18)10(2)6-11(16)7-14(15,3)4/h5-6,8,18H,7H2,1-4H3/b12-8-. The number of hydrogen-bond donors (Lipinski definition) is 1. The van der Waals surface area contributed by atoms with Gasteiger partial charge in [0.2, 0.25) is 0 Å². The molecule has 1 aliphatic carbocycles. The topological polar surface area (TPSA) is 63.6 Å². The Morgan fingerprint density at radius 2 is 1.89 bits per heavy atom. The molecule has 0 fully saturated rings. The lowest BCUT2D eigenvalue weighted by molar-refractivity contribution is -0.132. The average molecular weight is 262 g/mol. The van der Waals surface area contributed by atoms with E-state index in [1.54, 1.807) is 19.9 Å². The van der Waals surface area contributed by atoms with Crippen LogP contribution in [0, 0.1) is 5.41 Å².